The minimum atomic E-state index is -0.670. The maximum Gasteiger partial charge on any atom is 0.314 e. The molecule has 0 bridgehead atoms. The molecule has 1 rings (SSSR count). The average molecular weight is 212 g/mol. The first kappa shape index (κ1) is 11.3. The number of nitro groups is 1. The van der Waals surface area contributed by atoms with E-state index in [-0.39, 0.29) is 18.0 Å². The van der Waals surface area contributed by atoms with Gasteiger partial charge in [0, 0.05) is 12.6 Å². The summed E-state index contributed by atoms with van der Waals surface area (Å²) in [6.07, 6.45) is 0. The van der Waals surface area contributed by atoms with E-state index in [9.17, 15) is 15.2 Å². The molecule has 6 heteroatoms. The Morgan fingerprint density at radius 1 is 1.60 bits per heavy atom. The Bertz CT molecular complexity index is 379. The maximum absolute atomic E-state index is 10.6. The third-order valence-corrected chi connectivity index (χ3v) is 1.85. The molecule has 0 unspecified atom stereocenters. The van der Waals surface area contributed by atoms with Gasteiger partial charge in [0.2, 0.25) is 5.75 Å². The van der Waals surface area contributed by atoms with Gasteiger partial charge in [0.15, 0.2) is 5.75 Å². The fourth-order valence-corrected chi connectivity index (χ4v) is 1.17. The van der Waals surface area contributed by atoms with Crippen LogP contribution in [0.2, 0.25) is 0 Å². The van der Waals surface area contributed by atoms with Gasteiger partial charge in [0.05, 0.1) is 11.5 Å². The quantitative estimate of drug-likeness (QED) is 0.576. The lowest BCUT2D eigenvalue weighted by Crippen LogP contribution is -2.01. The summed E-state index contributed by atoms with van der Waals surface area (Å²) in [6, 6.07) is 2.73. The van der Waals surface area contributed by atoms with E-state index in [1.165, 1.54) is 12.1 Å². The Hall–Kier alpha value is -1.82. The van der Waals surface area contributed by atoms with E-state index in [0.29, 0.717) is 12.2 Å². The third kappa shape index (κ3) is 2.35. The molecular formula is C9H12N2O4. The van der Waals surface area contributed by atoms with Gasteiger partial charge in [-0.25, -0.2) is 0 Å². The number of nitro benzene ring substituents is 1. The van der Waals surface area contributed by atoms with Crippen molar-refractivity contribution in [2.75, 3.05) is 6.61 Å². The first-order chi connectivity index (χ1) is 7.10. The van der Waals surface area contributed by atoms with E-state index in [4.69, 9.17) is 10.5 Å². The van der Waals surface area contributed by atoms with Gasteiger partial charge in [-0.15, -0.1) is 0 Å². The molecule has 0 aliphatic rings. The van der Waals surface area contributed by atoms with Crippen LogP contribution in [0.3, 0.4) is 0 Å². The van der Waals surface area contributed by atoms with Gasteiger partial charge in [-0.2, -0.15) is 0 Å². The van der Waals surface area contributed by atoms with Crippen LogP contribution < -0.4 is 10.5 Å². The molecule has 0 fully saturated rings. The lowest BCUT2D eigenvalue weighted by molar-refractivity contribution is -0.386. The van der Waals surface area contributed by atoms with Crippen LogP contribution in [0.1, 0.15) is 12.5 Å². The third-order valence-electron chi connectivity index (χ3n) is 1.85. The fraction of sp³-hybridized carbons (Fsp3) is 0.333. The fourth-order valence-electron chi connectivity index (χ4n) is 1.17. The summed E-state index contributed by atoms with van der Waals surface area (Å²) < 4.78 is 5.06. The van der Waals surface area contributed by atoms with Gasteiger partial charge in [-0.1, -0.05) is 0 Å². The normalized spacial score (nSPS) is 10.0. The molecule has 0 aromatic heterocycles. The minimum absolute atomic E-state index is 0.0900. The highest BCUT2D eigenvalue weighted by Gasteiger charge is 2.19. The van der Waals surface area contributed by atoms with Crippen molar-refractivity contribution in [2.45, 2.75) is 13.5 Å². The molecule has 82 valence electrons. The van der Waals surface area contributed by atoms with E-state index in [1.54, 1.807) is 6.92 Å². The molecule has 0 saturated heterocycles. The van der Waals surface area contributed by atoms with Gasteiger partial charge in [-0.05, 0) is 18.6 Å². The van der Waals surface area contributed by atoms with Crippen LogP contribution in [-0.2, 0) is 6.54 Å². The summed E-state index contributed by atoms with van der Waals surface area (Å²) in [5, 5.41) is 20.1. The molecule has 0 atom stereocenters. The predicted octanol–water partition coefficient (Wildman–Crippen LogP) is 1.16. The zero-order valence-corrected chi connectivity index (χ0v) is 8.27. The summed E-state index contributed by atoms with van der Waals surface area (Å²) in [6.45, 7) is 2.19. The van der Waals surface area contributed by atoms with Crippen molar-refractivity contribution < 1.29 is 14.8 Å². The molecule has 3 N–H and O–H groups in total. The first-order valence-corrected chi connectivity index (χ1v) is 4.43. The second-order valence-electron chi connectivity index (χ2n) is 2.86. The van der Waals surface area contributed by atoms with Gasteiger partial charge >= 0.3 is 5.69 Å². The van der Waals surface area contributed by atoms with E-state index in [1.807, 2.05) is 0 Å². The highest BCUT2D eigenvalue weighted by molar-refractivity contribution is 5.57. The number of ether oxygens (including phenoxy) is 1. The number of rotatable bonds is 4. The standard InChI is InChI=1S/C9H12N2O4/c1-2-15-8-4-6(5-10)3-7(9(8)12)11(13)14/h3-4,12H,2,5,10H2,1H3. The molecule has 0 radical (unpaired) electrons. The summed E-state index contributed by atoms with van der Waals surface area (Å²) in [7, 11) is 0. The molecular weight excluding hydrogens is 200 g/mol. The zero-order chi connectivity index (χ0) is 11.4. The van der Waals surface area contributed by atoms with Crippen molar-refractivity contribution in [2.24, 2.45) is 5.73 Å². The van der Waals surface area contributed by atoms with Gasteiger partial charge in [0.1, 0.15) is 0 Å². The second kappa shape index (κ2) is 4.61. The second-order valence-corrected chi connectivity index (χ2v) is 2.86. The summed E-state index contributed by atoms with van der Waals surface area (Å²) in [5.41, 5.74) is 5.53. The number of hydrogen-bond donors (Lipinski definition) is 2. The van der Waals surface area contributed by atoms with E-state index in [2.05, 4.69) is 0 Å². The number of nitrogens with zero attached hydrogens (tertiary/aromatic N) is 1. The van der Waals surface area contributed by atoms with Crippen LogP contribution in [0, 0.1) is 10.1 Å². The topological polar surface area (TPSA) is 98.6 Å². The van der Waals surface area contributed by atoms with Crippen LogP contribution in [0.15, 0.2) is 12.1 Å². The van der Waals surface area contributed by atoms with Gasteiger partial charge in [-0.3, -0.25) is 10.1 Å². The van der Waals surface area contributed by atoms with Crippen LogP contribution in [0.5, 0.6) is 11.5 Å². The number of phenolic OH excluding ortho intramolecular Hbond substituents is 1. The van der Waals surface area contributed by atoms with Crippen LogP contribution in [0.4, 0.5) is 5.69 Å². The summed E-state index contributed by atoms with van der Waals surface area (Å²) >= 11 is 0. The van der Waals surface area contributed by atoms with Crippen molar-refractivity contribution in [1.29, 1.82) is 0 Å². The van der Waals surface area contributed by atoms with Crippen molar-refractivity contribution in [3.63, 3.8) is 0 Å². The molecule has 6 nitrogen and oxygen atoms in total. The molecule has 1 aromatic rings. The Labute approximate surface area is 86.4 Å². The van der Waals surface area contributed by atoms with Gasteiger partial charge in [0.25, 0.3) is 0 Å². The Kier molecular flexibility index (Phi) is 3.46. The summed E-state index contributed by atoms with van der Waals surface area (Å²) in [5.74, 6) is -0.369. The number of benzene rings is 1. The van der Waals surface area contributed by atoms with Crippen molar-refractivity contribution in [3.8, 4) is 11.5 Å². The number of hydrogen-bond acceptors (Lipinski definition) is 5. The highest BCUT2D eigenvalue weighted by Crippen LogP contribution is 2.36. The molecule has 0 saturated carbocycles. The lowest BCUT2D eigenvalue weighted by Gasteiger charge is -2.07. The maximum atomic E-state index is 10.6. The molecule has 15 heavy (non-hydrogen) atoms. The number of phenols is 1. The monoisotopic (exact) mass is 212 g/mol. The first-order valence-electron chi connectivity index (χ1n) is 4.43. The summed E-state index contributed by atoms with van der Waals surface area (Å²) in [4.78, 5) is 9.93. The molecule has 0 heterocycles. The van der Waals surface area contributed by atoms with Crippen molar-refractivity contribution in [1.82, 2.24) is 0 Å². The Morgan fingerprint density at radius 3 is 2.73 bits per heavy atom. The van der Waals surface area contributed by atoms with Crippen molar-refractivity contribution in [3.05, 3.63) is 27.8 Å². The SMILES string of the molecule is CCOc1cc(CN)cc([N+](=O)[O-])c1O. The Morgan fingerprint density at radius 2 is 2.27 bits per heavy atom. The van der Waals surface area contributed by atoms with Crippen molar-refractivity contribution >= 4 is 5.69 Å². The molecule has 0 aliphatic carbocycles. The smallest absolute Gasteiger partial charge is 0.314 e. The number of nitrogens with two attached hydrogens (primary N) is 1. The highest BCUT2D eigenvalue weighted by atomic mass is 16.6. The number of aromatic hydroxyl groups is 1. The van der Waals surface area contributed by atoms with Gasteiger partial charge < -0.3 is 15.6 Å². The lowest BCUT2D eigenvalue weighted by atomic mass is 10.1. The van der Waals surface area contributed by atoms with E-state index < -0.39 is 10.7 Å². The molecule has 0 spiro atoms. The molecule has 1 aromatic carbocycles. The predicted molar refractivity (Wildman–Crippen MR) is 53.8 cm³/mol. The van der Waals surface area contributed by atoms with Crippen LogP contribution in [0.25, 0.3) is 0 Å². The average Bonchev–Trinajstić information content (AvgIpc) is 2.21. The van der Waals surface area contributed by atoms with Crippen LogP contribution >= 0.6 is 0 Å². The Balaban J connectivity index is 3.26. The molecule has 0 aliphatic heterocycles. The van der Waals surface area contributed by atoms with E-state index in [0.717, 1.165) is 0 Å². The largest absolute Gasteiger partial charge is 0.500 e. The zero-order valence-electron chi connectivity index (χ0n) is 8.27. The minimum Gasteiger partial charge on any atom is -0.500 e. The molecule has 0 amide bonds. The van der Waals surface area contributed by atoms with E-state index >= 15 is 0 Å². The van der Waals surface area contributed by atoms with Crippen LogP contribution in [-0.4, -0.2) is 16.6 Å².